The highest BCUT2D eigenvalue weighted by atomic mass is 32.1. The molecule has 0 fully saturated rings. The van der Waals surface area contributed by atoms with Crippen molar-refractivity contribution in [3.05, 3.63) is 0 Å². The third kappa shape index (κ3) is 2.21. The van der Waals surface area contributed by atoms with Crippen LogP contribution in [0, 0.1) is 0 Å². The highest BCUT2D eigenvalue weighted by Crippen LogP contribution is 1.84. The fourth-order valence-corrected chi connectivity index (χ4v) is 0.538. The van der Waals surface area contributed by atoms with Crippen molar-refractivity contribution < 1.29 is 4.79 Å². The molecule has 0 saturated heterocycles. The zero-order valence-electron chi connectivity index (χ0n) is 5.22. The van der Waals surface area contributed by atoms with Gasteiger partial charge in [0.05, 0.1) is 5.75 Å². The van der Waals surface area contributed by atoms with Gasteiger partial charge >= 0.3 is 0 Å². The Kier molecular flexibility index (Phi) is 3.69. The Morgan fingerprint density at radius 2 is 2.25 bits per heavy atom. The molecule has 0 heterocycles. The van der Waals surface area contributed by atoms with Crippen molar-refractivity contribution in [3.63, 3.8) is 0 Å². The number of carbonyl (C=O) groups is 1. The maximum Gasteiger partial charge on any atom is 0.232 e. The molecule has 0 N–H and O–H groups in total. The lowest BCUT2D eigenvalue weighted by molar-refractivity contribution is -0.126. The summed E-state index contributed by atoms with van der Waals surface area (Å²) in [7, 11) is 1.76. The maximum atomic E-state index is 10.6. The van der Waals surface area contributed by atoms with E-state index in [4.69, 9.17) is 0 Å². The molecule has 0 aromatic carbocycles. The molecule has 0 atom stereocenters. The van der Waals surface area contributed by atoms with Gasteiger partial charge in [0.25, 0.3) is 0 Å². The second-order valence-electron chi connectivity index (χ2n) is 1.57. The maximum absolute atomic E-state index is 10.6. The lowest BCUT2D eigenvalue weighted by Gasteiger charge is -2.11. The van der Waals surface area contributed by atoms with Crippen molar-refractivity contribution in [2.24, 2.45) is 0 Å². The zero-order valence-corrected chi connectivity index (χ0v) is 6.11. The zero-order chi connectivity index (χ0) is 6.57. The Balaban J connectivity index is 3.46. The third-order valence-corrected chi connectivity index (χ3v) is 1.31. The van der Waals surface area contributed by atoms with Crippen LogP contribution in [-0.4, -0.2) is 30.2 Å². The number of rotatable bonds is 2. The molecule has 48 valence electrons. The first-order chi connectivity index (χ1) is 3.72. The average Bonchev–Trinajstić information content (AvgIpc) is 1.84. The minimum atomic E-state index is 0.0795. The fraction of sp³-hybridized carbons (Fsp3) is 0.800. The topological polar surface area (TPSA) is 20.3 Å². The van der Waals surface area contributed by atoms with E-state index in [1.54, 1.807) is 11.9 Å². The van der Waals surface area contributed by atoms with Crippen LogP contribution in [0.1, 0.15) is 6.92 Å². The highest BCUT2D eigenvalue weighted by Gasteiger charge is 2.00. The van der Waals surface area contributed by atoms with E-state index in [9.17, 15) is 4.79 Å². The van der Waals surface area contributed by atoms with E-state index in [1.165, 1.54) is 0 Å². The van der Waals surface area contributed by atoms with Gasteiger partial charge in [-0.05, 0) is 6.92 Å². The van der Waals surface area contributed by atoms with Crippen LogP contribution in [-0.2, 0) is 4.79 Å². The van der Waals surface area contributed by atoms with E-state index >= 15 is 0 Å². The van der Waals surface area contributed by atoms with E-state index in [-0.39, 0.29) is 5.91 Å². The van der Waals surface area contributed by atoms with Gasteiger partial charge in [-0.15, -0.1) is 0 Å². The number of thiol groups is 1. The van der Waals surface area contributed by atoms with Gasteiger partial charge in [-0.3, -0.25) is 4.79 Å². The van der Waals surface area contributed by atoms with Crippen LogP contribution >= 0.6 is 12.6 Å². The van der Waals surface area contributed by atoms with Gasteiger partial charge in [0, 0.05) is 13.6 Å². The molecule has 3 heteroatoms. The average molecular weight is 133 g/mol. The van der Waals surface area contributed by atoms with E-state index in [2.05, 4.69) is 12.6 Å². The molecule has 2 nitrogen and oxygen atoms in total. The van der Waals surface area contributed by atoms with E-state index < -0.39 is 0 Å². The minimum Gasteiger partial charge on any atom is -0.345 e. The van der Waals surface area contributed by atoms with Gasteiger partial charge in [0.2, 0.25) is 5.91 Å². The standard InChI is InChI=1S/C5H11NOS/c1-3-6(2)5(7)4-8/h8H,3-4H2,1-2H3. The second kappa shape index (κ2) is 3.78. The van der Waals surface area contributed by atoms with Crippen LogP contribution in [0.4, 0.5) is 0 Å². The molecule has 0 saturated carbocycles. The summed E-state index contributed by atoms with van der Waals surface area (Å²) in [6.45, 7) is 2.70. The summed E-state index contributed by atoms with van der Waals surface area (Å²) in [5.74, 6) is 0.389. The summed E-state index contributed by atoms with van der Waals surface area (Å²) in [5, 5.41) is 0. The van der Waals surface area contributed by atoms with Gasteiger partial charge in [-0.2, -0.15) is 12.6 Å². The highest BCUT2D eigenvalue weighted by molar-refractivity contribution is 7.81. The molecular formula is C5H11NOS. The quantitative estimate of drug-likeness (QED) is 0.540. The van der Waals surface area contributed by atoms with Gasteiger partial charge in [-0.25, -0.2) is 0 Å². The largest absolute Gasteiger partial charge is 0.345 e. The van der Waals surface area contributed by atoms with Crippen molar-refractivity contribution in [2.75, 3.05) is 19.3 Å². The van der Waals surface area contributed by atoms with Crippen LogP contribution in [0.3, 0.4) is 0 Å². The summed E-state index contributed by atoms with van der Waals surface area (Å²) in [6, 6.07) is 0. The van der Waals surface area contributed by atoms with Gasteiger partial charge < -0.3 is 4.90 Å². The molecule has 0 aliphatic carbocycles. The van der Waals surface area contributed by atoms with E-state index in [1.807, 2.05) is 6.92 Å². The summed E-state index contributed by atoms with van der Waals surface area (Å²) in [5.41, 5.74) is 0. The first kappa shape index (κ1) is 7.82. The molecule has 0 unspecified atom stereocenters. The molecule has 1 amide bonds. The normalized spacial score (nSPS) is 8.88. The molecule has 0 aliphatic heterocycles. The molecular weight excluding hydrogens is 122 g/mol. The summed E-state index contributed by atoms with van der Waals surface area (Å²) < 4.78 is 0. The van der Waals surface area contributed by atoms with E-state index in [0.717, 1.165) is 6.54 Å². The van der Waals surface area contributed by atoms with Crippen molar-refractivity contribution in [3.8, 4) is 0 Å². The van der Waals surface area contributed by atoms with Crippen LogP contribution in [0.25, 0.3) is 0 Å². The lowest BCUT2D eigenvalue weighted by Crippen LogP contribution is -2.26. The SMILES string of the molecule is CCN(C)C(=O)CS. The van der Waals surface area contributed by atoms with Gasteiger partial charge in [0.1, 0.15) is 0 Å². The molecule has 0 aromatic rings. The Hall–Kier alpha value is -0.180. The molecule has 0 bridgehead atoms. The Morgan fingerprint density at radius 3 is 2.38 bits per heavy atom. The number of hydrogen-bond donors (Lipinski definition) is 1. The summed E-state index contributed by atoms with van der Waals surface area (Å²) in [6.07, 6.45) is 0. The van der Waals surface area contributed by atoms with Crippen molar-refractivity contribution >= 4 is 18.5 Å². The molecule has 8 heavy (non-hydrogen) atoms. The van der Waals surface area contributed by atoms with Crippen molar-refractivity contribution in [1.82, 2.24) is 4.90 Å². The van der Waals surface area contributed by atoms with Crippen LogP contribution in [0.15, 0.2) is 0 Å². The third-order valence-electron chi connectivity index (χ3n) is 1.04. The smallest absolute Gasteiger partial charge is 0.232 e. The Labute approximate surface area is 55.3 Å². The monoisotopic (exact) mass is 133 g/mol. The fourth-order valence-electron chi connectivity index (χ4n) is 0.297. The Bertz CT molecular complexity index is 84.5. The number of carbonyl (C=O) groups excluding carboxylic acids is 1. The predicted molar refractivity (Wildman–Crippen MR) is 37.2 cm³/mol. The van der Waals surface area contributed by atoms with Crippen molar-refractivity contribution in [2.45, 2.75) is 6.92 Å². The lowest BCUT2D eigenvalue weighted by atomic mass is 10.5. The van der Waals surface area contributed by atoms with Gasteiger partial charge in [0.15, 0.2) is 0 Å². The van der Waals surface area contributed by atoms with Crippen LogP contribution in [0.5, 0.6) is 0 Å². The minimum absolute atomic E-state index is 0.0795. The van der Waals surface area contributed by atoms with Crippen molar-refractivity contribution in [1.29, 1.82) is 0 Å². The molecule has 0 radical (unpaired) electrons. The van der Waals surface area contributed by atoms with Gasteiger partial charge in [-0.1, -0.05) is 0 Å². The molecule has 0 rings (SSSR count). The molecule has 0 aliphatic rings. The predicted octanol–water partition coefficient (Wildman–Crippen LogP) is 0.395. The second-order valence-corrected chi connectivity index (χ2v) is 1.88. The number of nitrogens with zero attached hydrogens (tertiary/aromatic N) is 1. The Morgan fingerprint density at radius 1 is 1.75 bits per heavy atom. The molecule has 0 aromatic heterocycles. The van der Waals surface area contributed by atoms with Crippen LogP contribution in [0.2, 0.25) is 0 Å². The first-order valence-corrected chi connectivity index (χ1v) is 3.20. The summed E-state index contributed by atoms with van der Waals surface area (Å²) >= 11 is 3.82. The number of hydrogen-bond acceptors (Lipinski definition) is 2. The van der Waals surface area contributed by atoms with Crippen LogP contribution < -0.4 is 0 Å². The molecule has 0 spiro atoms. The summed E-state index contributed by atoms with van der Waals surface area (Å²) in [4.78, 5) is 12.2. The number of amides is 1. The first-order valence-electron chi connectivity index (χ1n) is 2.57. The van der Waals surface area contributed by atoms with E-state index in [0.29, 0.717) is 5.75 Å².